The third-order valence-electron chi connectivity index (χ3n) is 4.21. The van der Waals surface area contributed by atoms with Crippen LogP contribution < -0.4 is 15.8 Å². The number of carbonyl (C=O) groups is 3. The summed E-state index contributed by atoms with van der Waals surface area (Å²) in [4.78, 5) is 37.2. The maximum absolute atomic E-state index is 12.7. The van der Waals surface area contributed by atoms with Crippen LogP contribution in [0.2, 0.25) is 5.02 Å². The lowest BCUT2D eigenvalue weighted by atomic mass is 10.1. The summed E-state index contributed by atoms with van der Waals surface area (Å²) in [7, 11) is 0. The number of anilines is 1. The van der Waals surface area contributed by atoms with Gasteiger partial charge in [-0.05, 0) is 44.5 Å². The molecule has 11 heteroatoms. The van der Waals surface area contributed by atoms with Gasteiger partial charge in [0.25, 0.3) is 11.8 Å². The maximum atomic E-state index is 12.7. The lowest BCUT2D eigenvalue weighted by Crippen LogP contribution is -2.18. The molecule has 0 aliphatic rings. The molecule has 2 heterocycles. The van der Waals surface area contributed by atoms with Crippen LogP contribution in [0.3, 0.4) is 0 Å². The van der Waals surface area contributed by atoms with Crippen molar-refractivity contribution in [2.24, 2.45) is 5.73 Å². The van der Waals surface area contributed by atoms with E-state index in [0.29, 0.717) is 16.3 Å². The number of benzene rings is 1. The van der Waals surface area contributed by atoms with E-state index >= 15 is 0 Å². The van der Waals surface area contributed by atoms with Crippen LogP contribution in [0.25, 0.3) is 0 Å². The molecule has 0 spiro atoms. The highest BCUT2D eigenvalue weighted by atomic mass is 35.5. The standard InChI is InChI=1S/C21H21ClN4O5S/c1-11(2)31-21(29)16-12(3)17(18(23)27)32-20(16)24-19(28)14-8-9-26(25-14)10-30-15-7-5-4-6-13(15)22/h4-9,11H,10H2,1-3H3,(H2,23,27)(H,24,28). The van der Waals surface area contributed by atoms with E-state index in [-0.39, 0.29) is 34.0 Å². The van der Waals surface area contributed by atoms with Crippen LogP contribution in [0.4, 0.5) is 5.00 Å². The first-order chi connectivity index (χ1) is 15.2. The van der Waals surface area contributed by atoms with E-state index in [2.05, 4.69) is 10.4 Å². The van der Waals surface area contributed by atoms with Gasteiger partial charge in [-0.2, -0.15) is 5.10 Å². The number of hydrogen-bond donors (Lipinski definition) is 2. The minimum atomic E-state index is -0.701. The minimum absolute atomic E-state index is 0.0346. The molecule has 0 aliphatic heterocycles. The second-order valence-electron chi connectivity index (χ2n) is 6.98. The van der Waals surface area contributed by atoms with Gasteiger partial charge in [0.15, 0.2) is 12.4 Å². The van der Waals surface area contributed by atoms with Crippen LogP contribution in [-0.2, 0) is 11.5 Å². The third kappa shape index (κ3) is 5.27. The van der Waals surface area contributed by atoms with E-state index in [1.807, 2.05) is 0 Å². The van der Waals surface area contributed by atoms with Gasteiger partial charge in [-0.1, -0.05) is 23.7 Å². The van der Waals surface area contributed by atoms with Crippen molar-refractivity contribution in [1.29, 1.82) is 0 Å². The molecule has 3 N–H and O–H groups in total. The number of para-hydroxylation sites is 1. The zero-order valence-corrected chi connectivity index (χ0v) is 19.1. The Bertz CT molecular complexity index is 1170. The Morgan fingerprint density at radius 2 is 1.97 bits per heavy atom. The summed E-state index contributed by atoms with van der Waals surface area (Å²) >= 11 is 6.96. The Morgan fingerprint density at radius 3 is 2.62 bits per heavy atom. The van der Waals surface area contributed by atoms with Crippen molar-refractivity contribution in [1.82, 2.24) is 9.78 Å². The number of esters is 1. The molecule has 2 aromatic heterocycles. The SMILES string of the molecule is Cc1c(C(N)=O)sc(NC(=O)c2ccn(COc3ccccc3Cl)n2)c1C(=O)OC(C)C. The van der Waals surface area contributed by atoms with Gasteiger partial charge in [0, 0.05) is 6.20 Å². The second kappa shape index (κ2) is 9.84. The van der Waals surface area contributed by atoms with Crippen molar-refractivity contribution >= 4 is 45.7 Å². The van der Waals surface area contributed by atoms with Gasteiger partial charge in [0.1, 0.15) is 10.8 Å². The molecule has 32 heavy (non-hydrogen) atoms. The van der Waals surface area contributed by atoms with E-state index in [1.54, 1.807) is 51.2 Å². The van der Waals surface area contributed by atoms with Gasteiger partial charge < -0.3 is 20.5 Å². The minimum Gasteiger partial charge on any atom is -0.470 e. The molecule has 0 atom stereocenters. The van der Waals surface area contributed by atoms with Gasteiger partial charge in [-0.15, -0.1) is 11.3 Å². The highest BCUT2D eigenvalue weighted by Gasteiger charge is 2.27. The molecule has 0 unspecified atom stereocenters. The Morgan fingerprint density at radius 1 is 1.25 bits per heavy atom. The summed E-state index contributed by atoms with van der Waals surface area (Å²) in [5.41, 5.74) is 5.93. The monoisotopic (exact) mass is 476 g/mol. The summed E-state index contributed by atoms with van der Waals surface area (Å²) in [5.74, 6) is -1.45. The highest BCUT2D eigenvalue weighted by molar-refractivity contribution is 7.18. The maximum Gasteiger partial charge on any atom is 0.341 e. The first kappa shape index (κ1) is 23.3. The average Bonchev–Trinajstić information content (AvgIpc) is 3.31. The lowest BCUT2D eigenvalue weighted by molar-refractivity contribution is 0.0379. The van der Waals surface area contributed by atoms with Crippen LogP contribution in [0.15, 0.2) is 36.5 Å². The Labute approximate surface area is 193 Å². The molecule has 0 aliphatic carbocycles. The molecule has 168 valence electrons. The lowest BCUT2D eigenvalue weighted by Gasteiger charge is -2.10. The fourth-order valence-corrected chi connectivity index (χ4v) is 4.01. The number of hydrogen-bond acceptors (Lipinski definition) is 7. The summed E-state index contributed by atoms with van der Waals surface area (Å²) in [6, 6.07) is 8.48. The zero-order valence-electron chi connectivity index (χ0n) is 17.5. The smallest absolute Gasteiger partial charge is 0.341 e. The first-order valence-corrected chi connectivity index (χ1v) is 10.7. The van der Waals surface area contributed by atoms with E-state index in [4.69, 9.17) is 26.8 Å². The quantitative estimate of drug-likeness (QED) is 0.475. The van der Waals surface area contributed by atoms with Gasteiger partial charge in [-0.3, -0.25) is 9.59 Å². The predicted molar refractivity (Wildman–Crippen MR) is 120 cm³/mol. The number of amides is 2. The number of primary amides is 1. The number of nitrogens with zero attached hydrogens (tertiary/aromatic N) is 2. The van der Waals surface area contributed by atoms with E-state index < -0.39 is 17.8 Å². The molecule has 0 radical (unpaired) electrons. The number of carbonyl (C=O) groups excluding carboxylic acids is 3. The summed E-state index contributed by atoms with van der Waals surface area (Å²) in [5, 5.41) is 7.41. The van der Waals surface area contributed by atoms with E-state index in [9.17, 15) is 14.4 Å². The molecule has 3 aromatic rings. The van der Waals surface area contributed by atoms with Crippen LogP contribution in [-0.4, -0.2) is 33.7 Å². The third-order valence-corrected chi connectivity index (χ3v) is 5.74. The normalized spacial score (nSPS) is 10.8. The van der Waals surface area contributed by atoms with Crippen molar-refractivity contribution < 1.29 is 23.9 Å². The van der Waals surface area contributed by atoms with Crippen molar-refractivity contribution in [2.75, 3.05) is 5.32 Å². The molecular formula is C21H21ClN4O5S. The average molecular weight is 477 g/mol. The molecule has 2 amide bonds. The Hall–Kier alpha value is -3.37. The number of nitrogens with one attached hydrogen (secondary N) is 1. The van der Waals surface area contributed by atoms with Crippen molar-refractivity contribution in [3.63, 3.8) is 0 Å². The molecule has 0 saturated carbocycles. The topological polar surface area (TPSA) is 126 Å². The number of nitrogens with two attached hydrogens (primary N) is 1. The second-order valence-corrected chi connectivity index (χ2v) is 8.40. The van der Waals surface area contributed by atoms with Gasteiger partial charge in [0.05, 0.1) is 21.6 Å². The largest absolute Gasteiger partial charge is 0.470 e. The van der Waals surface area contributed by atoms with Crippen molar-refractivity contribution in [2.45, 2.75) is 33.6 Å². The van der Waals surface area contributed by atoms with Gasteiger partial charge in [-0.25, -0.2) is 9.48 Å². The Kier molecular flexibility index (Phi) is 7.16. The molecule has 0 bridgehead atoms. The van der Waals surface area contributed by atoms with Crippen LogP contribution in [0.5, 0.6) is 5.75 Å². The zero-order chi connectivity index (χ0) is 23.4. The molecule has 0 saturated heterocycles. The predicted octanol–water partition coefficient (Wildman–Crippen LogP) is 3.86. The number of ether oxygens (including phenoxy) is 2. The van der Waals surface area contributed by atoms with Crippen LogP contribution in [0, 0.1) is 6.92 Å². The fraction of sp³-hybridized carbons (Fsp3) is 0.238. The summed E-state index contributed by atoms with van der Waals surface area (Å²) in [6.45, 7) is 5.01. The molecular weight excluding hydrogens is 456 g/mol. The summed E-state index contributed by atoms with van der Waals surface area (Å²) < 4.78 is 12.3. The van der Waals surface area contributed by atoms with Gasteiger partial charge in [0.2, 0.25) is 0 Å². The van der Waals surface area contributed by atoms with Crippen LogP contribution >= 0.6 is 22.9 Å². The first-order valence-electron chi connectivity index (χ1n) is 9.53. The van der Waals surface area contributed by atoms with Crippen molar-refractivity contribution in [3.05, 3.63) is 63.2 Å². The molecule has 1 aromatic carbocycles. The molecule has 3 rings (SSSR count). The van der Waals surface area contributed by atoms with Crippen LogP contribution in [0.1, 0.15) is 49.9 Å². The van der Waals surface area contributed by atoms with E-state index in [1.165, 1.54) is 10.7 Å². The Balaban J connectivity index is 1.77. The number of halogens is 1. The summed E-state index contributed by atoms with van der Waals surface area (Å²) in [6.07, 6.45) is 1.19. The van der Waals surface area contributed by atoms with Gasteiger partial charge >= 0.3 is 5.97 Å². The van der Waals surface area contributed by atoms with E-state index in [0.717, 1.165) is 11.3 Å². The number of rotatable bonds is 8. The van der Waals surface area contributed by atoms with Crippen molar-refractivity contribution in [3.8, 4) is 5.75 Å². The number of thiophene rings is 1. The molecule has 0 fully saturated rings. The number of aromatic nitrogens is 2. The molecule has 9 nitrogen and oxygen atoms in total. The fourth-order valence-electron chi connectivity index (χ4n) is 2.77. The highest BCUT2D eigenvalue weighted by Crippen LogP contribution is 2.34.